The molecule has 6 nitrogen and oxygen atoms in total. The standard InChI is InChI=1S/C10H16N2O4/c13-9(14)7-11-1-2-12(5-3-11,6-4-11)8-10(15)16/h1-8H2/p+2. The van der Waals surface area contributed by atoms with Crippen LogP contribution < -0.4 is 0 Å². The van der Waals surface area contributed by atoms with Gasteiger partial charge in [0.15, 0.2) is 13.1 Å². The molecule has 0 amide bonds. The van der Waals surface area contributed by atoms with Crippen molar-refractivity contribution in [2.24, 2.45) is 0 Å². The van der Waals surface area contributed by atoms with Gasteiger partial charge in [-0.25, -0.2) is 9.59 Å². The van der Waals surface area contributed by atoms with Gasteiger partial charge in [0.1, 0.15) is 39.3 Å². The lowest BCUT2D eigenvalue weighted by atomic mass is 10.1. The molecule has 0 unspecified atom stereocenters. The number of rotatable bonds is 4. The minimum atomic E-state index is -0.750. The number of hydrogen-bond donors (Lipinski definition) is 2. The van der Waals surface area contributed by atoms with Gasteiger partial charge < -0.3 is 19.2 Å². The first-order valence-corrected chi connectivity index (χ1v) is 5.59. The van der Waals surface area contributed by atoms with Crippen molar-refractivity contribution in [3.05, 3.63) is 0 Å². The number of carboxylic acids is 2. The number of quaternary nitrogens is 2. The van der Waals surface area contributed by atoms with E-state index >= 15 is 0 Å². The largest absolute Gasteiger partial charge is 0.477 e. The average molecular weight is 230 g/mol. The second kappa shape index (κ2) is 3.71. The summed E-state index contributed by atoms with van der Waals surface area (Å²) >= 11 is 0. The van der Waals surface area contributed by atoms with Gasteiger partial charge in [0.2, 0.25) is 0 Å². The zero-order valence-electron chi connectivity index (χ0n) is 9.26. The van der Waals surface area contributed by atoms with Gasteiger partial charge in [-0.1, -0.05) is 0 Å². The van der Waals surface area contributed by atoms with Crippen LogP contribution in [-0.2, 0) is 9.59 Å². The van der Waals surface area contributed by atoms with E-state index in [0.717, 1.165) is 39.3 Å². The lowest BCUT2D eigenvalue weighted by Gasteiger charge is -2.54. The van der Waals surface area contributed by atoms with Crippen molar-refractivity contribution in [2.75, 3.05) is 52.4 Å². The normalized spacial score (nSPS) is 37.2. The van der Waals surface area contributed by atoms with E-state index in [1.54, 1.807) is 0 Å². The molecular formula is C10H18N2O4+2. The van der Waals surface area contributed by atoms with Crippen molar-refractivity contribution >= 4 is 11.9 Å². The molecule has 16 heavy (non-hydrogen) atoms. The third-order valence-corrected chi connectivity index (χ3v) is 4.09. The number of carbonyl (C=O) groups is 2. The van der Waals surface area contributed by atoms with Crippen molar-refractivity contribution in [3.8, 4) is 0 Å². The Bertz CT molecular complexity index is 272. The maximum absolute atomic E-state index is 10.8. The molecule has 2 N–H and O–H groups in total. The molecule has 3 rings (SSSR count). The van der Waals surface area contributed by atoms with Crippen LogP contribution in [0.3, 0.4) is 0 Å². The SMILES string of the molecule is O=C(O)C[N+]12CC[N+](CC(=O)O)(CC1)CC2. The van der Waals surface area contributed by atoms with E-state index in [-0.39, 0.29) is 13.1 Å². The van der Waals surface area contributed by atoms with Crippen molar-refractivity contribution in [3.63, 3.8) is 0 Å². The molecule has 0 aromatic rings. The molecule has 0 aromatic carbocycles. The summed E-state index contributed by atoms with van der Waals surface area (Å²) in [6, 6.07) is 0. The smallest absolute Gasteiger partial charge is 0.359 e. The van der Waals surface area contributed by atoms with Gasteiger partial charge in [-0.15, -0.1) is 0 Å². The third-order valence-electron chi connectivity index (χ3n) is 4.09. The molecule has 0 radical (unpaired) electrons. The fourth-order valence-corrected chi connectivity index (χ4v) is 2.99. The van der Waals surface area contributed by atoms with Crippen LogP contribution in [0.25, 0.3) is 0 Å². The summed E-state index contributed by atoms with van der Waals surface area (Å²) in [5.41, 5.74) is 0. The lowest BCUT2D eigenvalue weighted by Crippen LogP contribution is -2.76. The molecule has 2 bridgehead atoms. The maximum atomic E-state index is 10.8. The van der Waals surface area contributed by atoms with Gasteiger partial charge >= 0.3 is 11.9 Å². The van der Waals surface area contributed by atoms with E-state index in [9.17, 15) is 9.59 Å². The molecule has 6 heteroatoms. The Morgan fingerprint density at radius 3 is 1.19 bits per heavy atom. The van der Waals surface area contributed by atoms with Crippen molar-refractivity contribution in [1.29, 1.82) is 0 Å². The van der Waals surface area contributed by atoms with Gasteiger partial charge in [0.05, 0.1) is 0 Å². The fourth-order valence-electron chi connectivity index (χ4n) is 2.99. The van der Waals surface area contributed by atoms with Crippen LogP contribution >= 0.6 is 0 Å². The lowest BCUT2D eigenvalue weighted by molar-refractivity contribution is -1.07. The molecule has 0 atom stereocenters. The Balaban J connectivity index is 2.02. The summed E-state index contributed by atoms with van der Waals surface area (Å²) in [7, 11) is 0. The Morgan fingerprint density at radius 2 is 1.00 bits per heavy atom. The number of hydrogen-bond acceptors (Lipinski definition) is 2. The van der Waals surface area contributed by atoms with Gasteiger partial charge in [0.25, 0.3) is 0 Å². The monoisotopic (exact) mass is 230 g/mol. The van der Waals surface area contributed by atoms with Crippen molar-refractivity contribution < 1.29 is 28.8 Å². The first-order valence-electron chi connectivity index (χ1n) is 5.59. The Morgan fingerprint density at radius 1 is 0.750 bits per heavy atom. The van der Waals surface area contributed by atoms with Gasteiger partial charge in [0, 0.05) is 0 Å². The Hall–Kier alpha value is -1.14. The van der Waals surface area contributed by atoms with Crippen LogP contribution in [-0.4, -0.2) is 83.5 Å². The molecule has 3 aliphatic heterocycles. The number of nitrogens with zero attached hydrogens (tertiary/aromatic N) is 2. The van der Waals surface area contributed by atoms with Gasteiger partial charge in [-0.3, -0.25) is 0 Å². The molecule has 3 heterocycles. The summed E-state index contributed by atoms with van der Waals surface area (Å²) in [6.07, 6.45) is 0. The van der Waals surface area contributed by atoms with Crippen LogP contribution in [0.2, 0.25) is 0 Å². The first kappa shape index (κ1) is 11.3. The molecule has 0 aromatic heterocycles. The average Bonchev–Trinajstić information content (AvgIpc) is 2.18. The second-order valence-corrected chi connectivity index (χ2v) is 5.13. The quantitative estimate of drug-likeness (QED) is 0.596. The molecular weight excluding hydrogens is 212 g/mol. The molecule has 3 aliphatic rings. The zero-order chi connectivity index (χ0) is 11.8. The number of piperazine rings is 3. The second-order valence-electron chi connectivity index (χ2n) is 5.13. The van der Waals surface area contributed by atoms with Gasteiger partial charge in [-0.05, 0) is 0 Å². The fraction of sp³-hybridized carbons (Fsp3) is 0.800. The Labute approximate surface area is 93.9 Å². The summed E-state index contributed by atoms with van der Waals surface area (Å²) in [4.78, 5) is 21.6. The van der Waals surface area contributed by atoms with E-state index in [0.29, 0.717) is 8.97 Å². The molecule has 3 fully saturated rings. The van der Waals surface area contributed by atoms with Gasteiger partial charge in [-0.2, -0.15) is 0 Å². The minimum absolute atomic E-state index is 0.188. The number of aliphatic carboxylic acids is 2. The zero-order valence-corrected chi connectivity index (χ0v) is 9.26. The predicted molar refractivity (Wildman–Crippen MR) is 54.7 cm³/mol. The predicted octanol–water partition coefficient (Wildman–Crippen LogP) is -1.18. The van der Waals surface area contributed by atoms with Crippen LogP contribution in [0.5, 0.6) is 0 Å². The molecule has 3 saturated heterocycles. The summed E-state index contributed by atoms with van der Waals surface area (Å²) < 4.78 is 1.30. The van der Waals surface area contributed by atoms with E-state index in [2.05, 4.69) is 0 Å². The van der Waals surface area contributed by atoms with Crippen LogP contribution in [0.1, 0.15) is 0 Å². The summed E-state index contributed by atoms with van der Waals surface area (Å²) in [5, 5.41) is 17.7. The van der Waals surface area contributed by atoms with E-state index in [1.807, 2.05) is 0 Å². The number of carboxylic acid groups (broad SMARTS) is 2. The van der Waals surface area contributed by atoms with Crippen LogP contribution in [0, 0.1) is 0 Å². The van der Waals surface area contributed by atoms with Crippen molar-refractivity contribution in [2.45, 2.75) is 0 Å². The highest BCUT2D eigenvalue weighted by molar-refractivity contribution is 5.68. The topological polar surface area (TPSA) is 74.6 Å². The van der Waals surface area contributed by atoms with Crippen LogP contribution in [0.15, 0.2) is 0 Å². The number of fused-ring (bicyclic) bond motifs is 3. The van der Waals surface area contributed by atoms with Crippen LogP contribution in [0.4, 0.5) is 0 Å². The minimum Gasteiger partial charge on any atom is -0.477 e. The molecule has 0 saturated carbocycles. The Kier molecular flexibility index (Phi) is 2.63. The molecule has 0 spiro atoms. The maximum Gasteiger partial charge on any atom is 0.359 e. The highest BCUT2D eigenvalue weighted by atomic mass is 16.4. The summed E-state index contributed by atoms with van der Waals surface area (Å²) in [5.74, 6) is -1.50. The van der Waals surface area contributed by atoms with E-state index in [1.165, 1.54) is 0 Å². The van der Waals surface area contributed by atoms with E-state index in [4.69, 9.17) is 10.2 Å². The first-order chi connectivity index (χ1) is 7.45. The third kappa shape index (κ3) is 2.03. The highest BCUT2D eigenvalue weighted by Crippen LogP contribution is 2.26. The summed E-state index contributed by atoms with van der Waals surface area (Å²) in [6.45, 7) is 5.21. The molecule has 90 valence electrons. The molecule has 0 aliphatic carbocycles. The van der Waals surface area contributed by atoms with E-state index < -0.39 is 11.9 Å². The van der Waals surface area contributed by atoms with Crippen molar-refractivity contribution in [1.82, 2.24) is 0 Å². The highest BCUT2D eigenvalue weighted by Gasteiger charge is 2.50.